The molecule has 3 nitrogen and oxygen atoms in total. The molecule has 3 aromatic rings. The SMILES string of the molecule is CN(C)c1ccc(-c2ccc(-c3ccc([C](C#N)C#N)cc3)s2)cc1. The van der Waals surface area contributed by atoms with Crippen molar-refractivity contribution in [1.29, 1.82) is 10.5 Å². The minimum absolute atomic E-state index is 0.138. The Morgan fingerprint density at radius 2 is 1.24 bits per heavy atom. The molecule has 0 aliphatic heterocycles. The molecule has 0 spiro atoms. The van der Waals surface area contributed by atoms with Gasteiger partial charge in [-0.3, -0.25) is 0 Å². The molecule has 121 valence electrons. The summed E-state index contributed by atoms with van der Waals surface area (Å²) in [5, 5.41) is 17.9. The molecule has 0 atom stereocenters. The average molecular weight is 342 g/mol. The molecule has 0 unspecified atom stereocenters. The molecule has 25 heavy (non-hydrogen) atoms. The molecule has 4 heteroatoms. The van der Waals surface area contributed by atoms with Gasteiger partial charge in [0.05, 0.1) is 12.1 Å². The second-order valence-corrected chi connectivity index (χ2v) is 6.86. The smallest absolute Gasteiger partial charge is 0.204 e. The van der Waals surface area contributed by atoms with Gasteiger partial charge in [-0.1, -0.05) is 36.4 Å². The standard InChI is InChI=1S/C21H16N3S/c1-24(2)19-9-7-17(8-10-19)21-12-11-20(25-21)16-5-3-15(4-6-16)18(13-22)14-23/h3-12H,1-2H3. The second kappa shape index (κ2) is 7.21. The highest BCUT2D eigenvalue weighted by atomic mass is 32.1. The lowest BCUT2D eigenvalue weighted by atomic mass is 10.0. The van der Waals surface area contributed by atoms with E-state index in [9.17, 15) is 0 Å². The molecule has 1 radical (unpaired) electrons. The predicted octanol–water partition coefficient (Wildman–Crippen LogP) is 5.12. The fourth-order valence-electron chi connectivity index (χ4n) is 2.53. The van der Waals surface area contributed by atoms with E-state index in [0.29, 0.717) is 5.56 Å². The van der Waals surface area contributed by atoms with E-state index in [1.165, 1.54) is 16.1 Å². The number of hydrogen-bond acceptors (Lipinski definition) is 4. The van der Waals surface area contributed by atoms with Crippen LogP contribution in [0.5, 0.6) is 0 Å². The Morgan fingerprint density at radius 1 is 0.760 bits per heavy atom. The monoisotopic (exact) mass is 342 g/mol. The minimum Gasteiger partial charge on any atom is -0.378 e. The van der Waals surface area contributed by atoms with E-state index in [2.05, 4.69) is 41.3 Å². The zero-order valence-corrected chi connectivity index (χ0v) is 14.8. The molecule has 0 aliphatic rings. The van der Waals surface area contributed by atoms with Crippen LogP contribution in [0.2, 0.25) is 0 Å². The third-order valence-corrected chi connectivity index (χ3v) is 5.14. The van der Waals surface area contributed by atoms with Crippen molar-refractivity contribution in [1.82, 2.24) is 0 Å². The van der Waals surface area contributed by atoms with E-state index in [1.807, 2.05) is 50.5 Å². The van der Waals surface area contributed by atoms with Crippen LogP contribution in [-0.4, -0.2) is 14.1 Å². The molecule has 0 N–H and O–H groups in total. The molecule has 3 rings (SSSR count). The minimum atomic E-state index is 0.138. The molecule has 2 aromatic carbocycles. The van der Waals surface area contributed by atoms with Crippen LogP contribution in [-0.2, 0) is 0 Å². The van der Waals surface area contributed by atoms with Crippen LogP contribution in [0.25, 0.3) is 20.9 Å². The Balaban J connectivity index is 1.84. The highest BCUT2D eigenvalue weighted by Crippen LogP contribution is 2.35. The van der Waals surface area contributed by atoms with Gasteiger partial charge in [0.2, 0.25) is 5.92 Å². The van der Waals surface area contributed by atoms with Gasteiger partial charge in [0.15, 0.2) is 0 Å². The summed E-state index contributed by atoms with van der Waals surface area (Å²) >= 11 is 1.73. The van der Waals surface area contributed by atoms with Crippen molar-refractivity contribution in [3.05, 3.63) is 72.1 Å². The summed E-state index contributed by atoms with van der Waals surface area (Å²) in [5.74, 6) is 0.138. The highest BCUT2D eigenvalue weighted by Gasteiger charge is 2.11. The van der Waals surface area contributed by atoms with Gasteiger partial charge < -0.3 is 4.90 Å². The number of nitrogens with zero attached hydrogens (tertiary/aromatic N) is 3. The van der Waals surface area contributed by atoms with Crippen LogP contribution < -0.4 is 4.90 Å². The number of anilines is 1. The number of rotatable bonds is 4. The van der Waals surface area contributed by atoms with Crippen LogP contribution in [0.15, 0.2) is 60.7 Å². The Morgan fingerprint density at radius 3 is 1.68 bits per heavy atom. The third kappa shape index (κ3) is 3.55. The summed E-state index contributed by atoms with van der Waals surface area (Å²) in [6.07, 6.45) is 0. The summed E-state index contributed by atoms with van der Waals surface area (Å²) in [6.45, 7) is 0. The van der Waals surface area contributed by atoms with Gasteiger partial charge >= 0.3 is 0 Å². The maximum absolute atomic E-state index is 8.94. The first-order chi connectivity index (χ1) is 12.1. The predicted molar refractivity (Wildman–Crippen MR) is 103 cm³/mol. The van der Waals surface area contributed by atoms with Crippen LogP contribution in [0.4, 0.5) is 5.69 Å². The molecule has 0 amide bonds. The Labute approximate surface area is 152 Å². The normalized spacial score (nSPS) is 10.3. The van der Waals surface area contributed by atoms with Crippen molar-refractivity contribution in [2.24, 2.45) is 0 Å². The molecule has 0 fully saturated rings. The van der Waals surface area contributed by atoms with Gasteiger partial charge in [0.1, 0.15) is 0 Å². The lowest BCUT2D eigenvalue weighted by Crippen LogP contribution is -2.07. The zero-order chi connectivity index (χ0) is 17.8. The van der Waals surface area contributed by atoms with Gasteiger partial charge in [-0.2, -0.15) is 10.5 Å². The topological polar surface area (TPSA) is 50.8 Å². The Bertz CT molecular complexity index is 925. The van der Waals surface area contributed by atoms with E-state index in [4.69, 9.17) is 10.5 Å². The Kier molecular flexibility index (Phi) is 4.84. The van der Waals surface area contributed by atoms with Crippen LogP contribution >= 0.6 is 11.3 Å². The van der Waals surface area contributed by atoms with Gasteiger partial charge in [-0.25, -0.2) is 0 Å². The first kappa shape index (κ1) is 16.8. The largest absolute Gasteiger partial charge is 0.378 e. The first-order valence-electron chi connectivity index (χ1n) is 7.78. The fraction of sp³-hybridized carbons (Fsp3) is 0.0952. The van der Waals surface area contributed by atoms with Crippen molar-refractivity contribution in [2.75, 3.05) is 19.0 Å². The van der Waals surface area contributed by atoms with Crippen LogP contribution in [0.3, 0.4) is 0 Å². The summed E-state index contributed by atoms with van der Waals surface area (Å²) in [7, 11) is 4.06. The third-order valence-electron chi connectivity index (χ3n) is 3.96. The average Bonchev–Trinajstić information content (AvgIpc) is 3.13. The molecule has 1 aromatic heterocycles. The van der Waals surface area contributed by atoms with Crippen molar-refractivity contribution < 1.29 is 0 Å². The molecule has 1 heterocycles. The number of benzene rings is 2. The van der Waals surface area contributed by atoms with Crippen molar-refractivity contribution in [3.8, 4) is 33.0 Å². The van der Waals surface area contributed by atoms with Gasteiger partial charge in [0.25, 0.3) is 0 Å². The Hall–Kier alpha value is -3.08. The lowest BCUT2D eigenvalue weighted by molar-refractivity contribution is 1.13. The number of thiophene rings is 1. The van der Waals surface area contributed by atoms with E-state index in [0.717, 1.165) is 10.4 Å². The van der Waals surface area contributed by atoms with Gasteiger partial charge in [-0.05, 0) is 41.0 Å². The molecule has 0 saturated carbocycles. The van der Waals surface area contributed by atoms with Crippen LogP contribution in [0.1, 0.15) is 5.56 Å². The lowest BCUT2D eigenvalue weighted by Gasteiger charge is -2.12. The summed E-state index contributed by atoms with van der Waals surface area (Å²) in [6, 6.07) is 24.1. The van der Waals surface area contributed by atoms with E-state index in [1.54, 1.807) is 11.3 Å². The summed E-state index contributed by atoms with van der Waals surface area (Å²) in [5.41, 5.74) is 4.12. The van der Waals surface area contributed by atoms with Crippen molar-refractivity contribution >= 4 is 17.0 Å². The number of hydrogen-bond donors (Lipinski definition) is 0. The molecular formula is C21H16N3S. The van der Waals surface area contributed by atoms with Gasteiger partial charge in [0, 0.05) is 29.5 Å². The van der Waals surface area contributed by atoms with E-state index >= 15 is 0 Å². The molecule has 0 bridgehead atoms. The molecular weight excluding hydrogens is 326 g/mol. The van der Waals surface area contributed by atoms with E-state index < -0.39 is 0 Å². The second-order valence-electron chi connectivity index (χ2n) is 5.78. The van der Waals surface area contributed by atoms with Crippen molar-refractivity contribution in [2.45, 2.75) is 0 Å². The van der Waals surface area contributed by atoms with Crippen molar-refractivity contribution in [3.63, 3.8) is 0 Å². The maximum atomic E-state index is 8.94. The molecule has 0 saturated heterocycles. The summed E-state index contributed by atoms with van der Waals surface area (Å²) < 4.78 is 0. The fourth-order valence-corrected chi connectivity index (χ4v) is 3.54. The highest BCUT2D eigenvalue weighted by molar-refractivity contribution is 7.18. The maximum Gasteiger partial charge on any atom is 0.204 e. The van der Waals surface area contributed by atoms with E-state index in [-0.39, 0.29) is 5.92 Å². The summed E-state index contributed by atoms with van der Waals surface area (Å²) in [4.78, 5) is 4.46. The first-order valence-corrected chi connectivity index (χ1v) is 8.59. The molecule has 0 aliphatic carbocycles. The van der Waals surface area contributed by atoms with Gasteiger partial charge in [-0.15, -0.1) is 11.3 Å². The zero-order valence-electron chi connectivity index (χ0n) is 14.0. The quantitative estimate of drug-likeness (QED) is 0.661. The number of nitriles is 2. The van der Waals surface area contributed by atoms with Crippen LogP contribution in [0, 0.1) is 28.6 Å².